The molecule has 1 unspecified atom stereocenters. The van der Waals surface area contributed by atoms with Crippen LogP contribution < -0.4 is 5.73 Å². The van der Waals surface area contributed by atoms with E-state index < -0.39 is 11.7 Å². The molecule has 0 bridgehead atoms. The molecule has 2 saturated carbocycles. The van der Waals surface area contributed by atoms with E-state index in [1.807, 2.05) is 6.92 Å². The van der Waals surface area contributed by atoms with Crippen molar-refractivity contribution in [2.75, 3.05) is 0 Å². The summed E-state index contributed by atoms with van der Waals surface area (Å²) in [6.45, 7) is 1.82. The first-order chi connectivity index (χ1) is 11.8. The van der Waals surface area contributed by atoms with Crippen LogP contribution in [0.1, 0.15) is 62.6 Å². The molecule has 0 saturated heterocycles. The van der Waals surface area contributed by atoms with E-state index in [4.69, 9.17) is 5.73 Å². The smallest absolute Gasteiger partial charge is 0.333 e. The molecule has 2 aliphatic carbocycles. The Morgan fingerprint density at radius 2 is 2.00 bits per heavy atom. The highest BCUT2D eigenvalue weighted by molar-refractivity contribution is 5.78. The Balaban J connectivity index is 1.77. The first-order valence-corrected chi connectivity index (χ1v) is 9.01. The lowest BCUT2D eigenvalue weighted by Crippen LogP contribution is -2.38. The predicted octanol–water partition coefficient (Wildman–Crippen LogP) is 4.27. The number of amides is 1. The van der Waals surface area contributed by atoms with Crippen LogP contribution in [-0.4, -0.2) is 22.9 Å². The molecule has 2 aliphatic rings. The third-order valence-electron chi connectivity index (χ3n) is 5.50. The van der Waals surface area contributed by atoms with Crippen LogP contribution in [0.3, 0.4) is 0 Å². The fourth-order valence-electron chi connectivity index (χ4n) is 3.87. The van der Waals surface area contributed by atoms with Gasteiger partial charge in [-0.15, -0.1) is 0 Å². The first kappa shape index (κ1) is 18.2. The molecule has 3 atom stereocenters. The third-order valence-corrected chi connectivity index (χ3v) is 5.50. The molecular formula is C19H25F3N2O. The summed E-state index contributed by atoms with van der Waals surface area (Å²) in [5, 5.41) is 0. The second-order valence-corrected chi connectivity index (χ2v) is 7.39. The minimum atomic E-state index is -4.37. The number of carbonyl (C=O) groups is 1. The molecule has 0 heterocycles. The number of hydrogen-bond acceptors (Lipinski definition) is 2. The molecule has 2 fully saturated rings. The van der Waals surface area contributed by atoms with Gasteiger partial charge in [-0.3, -0.25) is 4.79 Å². The van der Waals surface area contributed by atoms with Crippen LogP contribution in [0.4, 0.5) is 13.2 Å². The van der Waals surface area contributed by atoms with Crippen LogP contribution in [0.5, 0.6) is 0 Å². The van der Waals surface area contributed by atoms with E-state index in [2.05, 4.69) is 0 Å². The van der Waals surface area contributed by atoms with Gasteiger partial charge in [-0.05, 0) is 56.2 Å². The maximum atomic E-state index is 13.0. The largest absolute Gasteiger partial charge is 0.416 e. The minimum absolute atomic E-state index is 0.0229. The molecule has 0 aliphatic heterocycles. The summed E-state index contributed by atoms with van der Waals surface area (Å²) < 4.78 is 38.9. The van der Waals surface area contributed by atoms with Crippen LogP contribution in [0.2, 0.25) is 0 Å². The molecule has 1 aromatic rings. The lowest BCUT2D eigenvalue weighted by atomic mass is 9.97. The molecule has 2 N–H and O–H groups in total. The number of benzene rings is 1. The van der Waals surface area contributed by atoms with Crippen LogP contribution >= 0.6 is 0 Å². The van der Waals surface area contributed by atoms with E-state index in [0.717, 1.165) is 44.2 Å². The minimum Gasteiger partial charge on any atom is -0.333 e. The SMILES string of the molecule is CC(c1cccc(C(F)(F)F)c1)N(C(=O)C[C@@H]1CCC[C@H]1N)C1CC1. The Kier molecular flexibility index (Phi) is 5.09. The normalized spacial score (nSPS) is 25.0. The second-order valence-electron chi connectivity index (χ2n) is 7.39. The molecule has 3 nitrogen and oxygen atoms in total. The molecule has 1 amide bonds. The van der Waals surface area contributed by atoms with Crippen molar-refractivity contribution in [2.45, 2.75) is 69.8 Å². The Labute approximate surface area is 146 Å². The fraction of sp³-hybridized carbons (Fsp3) is 0.632. The van der Waals surface area contributed by atoms with E-state index >= 15 is 0 Å². The van der Waals surface area contributed by atoms with E-state index in [9.17, 15) is 18.0 Å². The summed E-state index contributed by atoms with van der Waals surface area (Å²) in [5.41, 5.74) is 5.94. The summed E-state index contributed by atoms with van der Waals surface area (Å²) in [5.74, 6) is 0.220. The van der Waals surface area contributed by atoms with Crippen LogP contribution in [0.25, 0.3) is 0 Å². The lowest BCUT2D eigenvalue weighted by molar-refractivity contribution is -0.137. The Bertz CT molecular complexity index is 627. The molecule has 25 heavy (non-hydrogen) atoms. The number of rotatable bonds is 5. The van der Waals surface area contributed by atoms with Crippen molar-refractivity contribution < 1.29 is 18.0 Å². The lowest BCUT2D eigenvalue weighted by Gasteiger charge is -2.31. The van der Waals surface area contributed by atoms with Crippen LogP contribution in [0.15, 0.2) is 24.3 Å². The maximum Gasteiger partial charge on any atom is 0.416 e. The zero-order valence-electron chi connectivity index (χ0n) is 14.4. The number of nitrogens with two attached hydrogens (primary N) is 1. The summed E-state index contributed by atoms with van der Waals surface area (Å²) in [7, 11) is 0. The van der Waals surface area contributed by atoms with Gasteiger partial charge in [0.2, 0.25) is 5.91 Å². The highest BCUT2D eigenvalue weighted by Crippen LogP contribution is 2.38. The van der Waals surface area contributed by atoms with E-state index in [1.54, 1.807) is 11.0 Å². The molecule has 1 aromatic carbocycles. The van der Waals surface area contributed by atoms with Gasteiger partial charge in [-0.25, -0.2) is 0 Å². The number of carbonyl (C=O) groups excluding carboxylic acids is 1. The highest BCUT2D eigenvalue weighted by atomic mass is 19.4. The zero-order valence-corrected chi connectivity index (χ0v) is 14.4. The molecular weight excluding hydrogens is 329 g/mol. The zero-order chi connectivity index (χ0) is 18.2. The third kappa shape index (κ3) is 4.17. The topological polar surface area (TPSA) is 46.3 Å². The predicted molar refractivity (Wildman–Crippen MR) is 89.7 cm³/mol. The highest BCUT2D eigenvalue weighted by Gasteiger charge is 2.39. The van der Waals surface area contributed by atoms with E-state index in [1.165, 1.54) is 6.07 Å². The number of hydrogen-bond donors (Lipinski definition) is 1. The van der Waals surface area contributed by atoms with Gasteiger partial charge in [0.15, 0.2) is 0 Å². The Morgan fingerprint density at radius 3 is 2.56 bits per heavy atom. The van der Waals surface area contributed by atoms with Gasteiger partial charge in [0.1, 0.15) is 0 Å². The van der Waals surface area contributed by atoms with Crippen molar-refractivity contribution >= 4 is 5.91 Å². The van der Waals surface area contributed by atoms with Crippen LogP contribution in [0, 0.1) is 5.92 Å². The van der Waals surface area contributed by atoms with Gasteiger partial charge in [-0.1, -0.05) is 18.6 Å². The number of nitrogens with zero attached hydrogens (tertiary/aromatic N) is 1. The quantitative estimate of drug-likeness (QED) is 0.858. The Morgan fingerprint density at radius 1 is 1.28 bits per heavy atom. The standard InChI is InChI=1S/C19H25F3N2O/c1-12(13-4-2-6-15(10-13)19(20,21)22)24(16-8-9-16)18(25)11-14-5-3-7-17(14)23/h2,4,6,10,12,14,16-17H,3,5,7-9,11,23H2,1H3/t12?,14-,17+/m0/s1. The van der Waals surface area contributed by atoms with Crippen molar-refractivity contribution in [1.82, 2.24) is 4.90 Å². The maximum absolute atomic E-state index is 13.0. The molecule has 0 aromatic heterocycles. The average molecular weight is 354 g/mol. The molecule has 6 heteroatoms. The van der Waals surface area contributed by atoms with Crippen molar-refractivity contribution in [2.24, 2.45) is 11.7 Å². The molecule has 0 spiro atoms. The fourth-order valence-corrected chi connectivity index (χ4v) is 3.87. The number of alkyl halides is 3. The molecule has 0 radical (unpaired) electrons. The number of halogens is 3. The summed E-state index contributed by atoms with van der Waals surface area (Å²) in [6, 6.07) is 5.16. The first-order valence-electron chi connectivity index (χ1n) is 9.01. The summed E-state index contributed by atoms with van der Waals surface area (Å²) >= 11 is 0. The van der Waals surface area contributed by atoms with Crippen LogP contribution in [-0.2, 0) is 11.0 Å². The molecule has 3 rings (SSSR count). The van der Waals surface area contributed by atoms with E-state index in [0.29, 0.717) is 12.0 Å². The van der Waals surface area contributed by atoms with Gasteiger partial charge in [0, 0.05) is 18.5 Å². The molecule has 138 valence electrons. The van der Waals surface area contributed by atoms with Gasteiger partial charge in [-0.2, -0.15) is 13.2 Å². The van der Waals surface area contributed by atoms with Crippen molar-refractivity contribution in [3.05, 3.63) is 35.4 Å². The van der Waals surface area contributed by atoms with E-state index in [-0.39, 0.29) is 30.0 Å². The second kappa shape index (κ2) is 6.98. The van der Waals surface area contributed by atoms with Gasteiger partial charge in [0.05, 0.1) is 11.6 Å². The average Bonchev–Trinajstić information content (AvgIpc) is 3.30. The summed E-state index contributed by atoms with van der Waals surface area (Å²) in [6.07, 6.45) is 0.832. The van der Waals surface area contributed by atoms with Gasteiger partial charge < -0.3 is 10.6 Å². The summed E-state index contributed by atoms with van der Waals surface area (Å²) in [4.78, 5) is 14.7. The van der Waals surface area contributed by atoms with Crippen molar-refractivity contribution in [3.8, 4) is 0 Å². The Hall–Kier alpha value is -1.56. The van der Waals surface area contributed by atoms with Gasteiger partial charge >= 0.3 is 6.18 Å². The van der Waals surface area contributed by atoms with Gasteiger partial charge in [0.25, 0.3) is 0 Å². The van der Waals surface area contributed by atoms with Crippen molar-refractivity contribution in [3.63, 3.8) is 0 Å². The monoisotopic (exact) mass is 354 g/mol. The van der Waals surface area contributed by atoms with Crippen molar-refractivity contribution in [1.29, 1.82) is 0 Å².